The van der Waals surface area contributed by atoms with E-state index in [4.69, 9.17) is 15.7 Å². The Kier molecular flexibility index (Phi) is 5.92. The molecule has 0 aliphatic heterocycles. The molecule has 1 aromatic carbocycles. The molecule has 0 bridgehead atoms. The first-order valence-electron chi connectivity index (χ1n) is 6.13. The van der Waals surface area contributed by atoms with Crippen molar-refractivity contribution < 1.29 is 9.66 Å². The highest BCUT2D eigenvalue weighted by atomic mass is 79.9. The molecule has 0 saturated heterocycles. The van der Waals surface area contributed by atoms with Crippen LogP contribution in [0.3, 0.4) is 0 Å². The minimum atomic E-state index is -0.813. The van der Waals surface area contributed by atoms with Crippen LogP contribution in [0.15, 0.2) is 22.7 Å². The number of benzene rings is 1. The van der Waals surface area contributed by atoms with Crippen molar-refractivity contribution in [3.8, 4) is 11.8 Å². The Morgan fingerprint density at radius 1 is 1.55 bits per heavy atom. The third-order valence-corrected chi connectivity index (χ3v) is 3.54. The average molecular weight is 342 g/mol. The molecule has 2 N–H and O–H groups in total. The predicted octanol–water partition coefficient (Wildman–Crippen LogP) is 3.15. The van der Waals surface area contributed by atoms with Crippen molar-refractivity contribution in [1.82, 2.24) is 0 Å². The van der Waals surface area contributed by atoms with Crippen molar-refractivity contribution in [3.63, 3.8) is 0 Å². The number of nitrogens with two attached hydrogens (primary N) is 1. The van der Waals surface area contributed by atoms with E-state index in [2.05, 4.69) is 15.9 Å². The van der Waals surface area contributed by atoms with Gasteiger partial charge in [0.25, 0.3) is 5.69 Å². The summed E-state index contributed by atoms with van der Waals surface area (Å²) in [5.41, 5.74) is 4.86. The van der Waals surface area contributed by atoms with Crippen LogP contribution in [0.2, 0.25) is 0 Å². The van der Waals surface area contributed by atoms with Crippen LogP contribution < -0.4 is 10.5 Å². The van der Waals surface area contributed by atoms with Crippen LogP contribution in [-0.4, -0.2) is 17.1 Å². The molecule has 0 aliphatic rings. The summed E-state index contributed by atoms with van der Waals surface area (Å²) in [6.45, 7) is 2.10. The highest BCUT2D eigenvalue weighted by Gasteiger charge is 2.17. The average Bonchev–Trinajstić information content (AvgIpc) is 2.39. The second-order valence-electron chi connectivity index (χ2n) is 4.68. The van der Waals surface area contributed by atoms with Crippen molar-refractivity contribution in [3.05, 3.63) is 32.8 Å². The number of ether oxygens (including phenoxy) is 1. The molecule has 0 aliphatic carbocycles. The first-order chi connectivity index (χ1) is 9.37. The van der Waals surface area contributed by atoms with E-state index in [9.17, 15) is 10.1 Å². The quantitative estimate of drug-likeness (QED) is 0.466. The van der Waals surface area contributed by atoms with Gasteiger partial charge in [-0.3, -0.25) is 10.1 Å². The van der Waals surface area contributed by atoms with Gasteiger partial charge < -0.3 is 10.5 Å². The molecular weight excluding hydrogens is 326 g/mol. The van der Waals surface area contributed by atoms with Gasteiger partial charge in [0.15, 0.2) is 0 Å². The molecule has 7 heteroatoms. The number of nitriles is 1. The van der Waals surface area contributed by atoms with Crippen LogP contribution in [0.25, 0.3) is 0 Å². The fourth-order valence-corrected chi connectivity index (χ4v) is 2.11. The fourth-order valence-electron chi connectivity index (χ4n) is 1.58. The topological polar surface area (TPSA) is 102 Å². The molecule has 0 aromatic heterocycles. The number of nitrogens with zero attached hydrogens (tertiary/aromatic N) is 2. The zero-order valence-corrected chi connectivity index (χ0v) is 12.7. The number of nitro groups is 1. The van der Waals surface area contributed by atoms with Crippen molar-refractivity contribution in [2.24, 2.45) is 5.73 Å². The van der Waals surface area contributed by atoms with E-state index in [1.165, 1.54) is 6.07 Å². The Labute approximate surface area is 125 Å². The second kappa shape index (κ2) is 7.22. The summed E-state index contributed by atoms with van der Waals surface area (Å²) in [4.78, 5) is 10.3. The van der Waals surface area contributed by atoms with E-state index in [-0.39, 0.29) is 5.69 Å². The Bertz CT molecular complexity index is 526. The lowest BCUT2D eigenvalue weighted by atomic mass is 9.98. The van der Waals surface area contributed by atoms with Crippen LogP contribution in [0.5, 0.6) is 5.75 Å². The van der Waals surface area contributed by atoms with Gasteiger partial charge in [0.2, 0.25) is 0 Å². The summed E-state index contributed by atoms with van der Waals surface area (Å²) in [6.07, 6.45) is 2.07. The van der Waals surface area contributed by atoms with E-state index >= 15 is 0 Å². The molecule has 1 rings (SSSR count). The highest BCUT2D eigenvalue weighted by Crippen LogP contribution is 2.33. The van der Waals surface area contributed by atoms with Gasteiger partial charge in [-0.1, -0.05) is 6.07 Å². The Morgan fingerprint density at radius 3 is 2.85 bits per heavy atom. The molecule has 6 nitrogen and oxygen atoms in total. The molecule has 108 valence electrons. The summed E-state index contributed by atoms with van der Waals surface area (Å²) in [7, 11) is 0. The second-order valence-corrected chi connectivity index (χ2v) is 5.47. The van der Waals surface area contributed by atoms with Gasteiger partial charge in [-0.25, -0.2) is 0 Å². The minimum Gasteiger partial charge on any atom is -0.492 e. The molecule has 1 atom stereocenters. The van der Waals surface area contributed by atoms with Crippen molar-refractivity contribution >= 4 is 21.6 Å². The molecule has 0 saturated carbocycles. The lowest BCUT2D eigenvalue weighted by Crippen LogP contribution is -2.33. The van der Waals surface area contributed by atoms with Gasteiger partial charge in [-0.15, -0.1) is 0 Å². The lowest BCUT2D eigenvalue weighted by Gasteiger charge is -2.14. The zero-order chi connectivity index (χ0) is 15.2. The number of halogens is 1. The zero-order valence-electron chi connectivity index (χ0n) is 11.1. The Balaban J connectivity index is 2.46. The molecule has 0 heterocycles. The SMILES string of the molecule is CC(N)(C#N)CCCCOc1cccc([N+](=O)[O-])c1Br. The normalized spacial score (nSPS) is 13.3. The largest absolute Gasteiger partial charge is 0.492 e. The number of hydrogen-bond acceptors (Lipinski definition) is 5. The van der Waals surface area contributed by atoms with Crippen LogP contribution in [0.4, 0.5) is 5.69 Å². The monoisotopic (exact) mass is 341 g/mol. The molecule has 0 fully saturated rings. The van der Waals surface area contributed by atoms with Crippen LogP contribution in [0.1, 0.15) is 26.2 Å². The maximum absolute atomic E-state index is 10.8. The van der Waals surface area contributed by atoms with Gasteiger partial charge in [0.1, 0.15) is 15.8 Å². The maximum Gasteiger partial charge on any atom is 0.287 e. The Morgan fingerprint density at radius 2 is 2.25 bits per heavy atom. The van der Waals surface area contributed by atoms with Gasteiger partial charge in [0, 0.05) is 6.07 Å². The number of hydrogen-bond donors (Lipinski definition) is 1. The van der Waals surface area contributed by atoms with Gasteiger partial charge in [-0.2, -0.15) is 5.26 Å². The van der Waals surface area contributed by atoms with E-state index in [1.54, 1.807) is 19.1 Å². The van der Waals surface area contributed by atoms with Crippen LogP contribution in [0, 0.1) is 21.4 Å². The standard InChI is InChI=1S/C13H16BrN3O3/c1-13(16,9-15)7-2-3-8-20-11-6-4-5-10(12(11)14)17(18)19/h4-6H,2-3,7-8,16H2,1H3. The van der Waals surface area contributed by atoms with Gasteiger partial charge in [0.05, 0.1) is 17.6 Å². The third kappa shape index (κ3) is 4.79. The minimum absolute atomic E-state index is 0.0264. The summed E-state index contributed by atoms with van der Waals surface area (Å²) < 4.78 is 5.84. The number of nitro benzene ring substituents is 1. The van der Waals surface area contributed by atoms with Gasteiger partial charge in [-0.05, 0) is 48.2 Å². The fraction of sp³-hybridized carbons (Fsp3) is 0.462. The summed E-state index contributed by atoms with van der Waals surface area (Å²) >= 11 is 3.16. The van der Waals surface area contributed by atoms with Crippen molar-refractivity contribution in [1.29, 1.82) is 5.26 Å². The molecule has 20 heavy (non-hydrogen) atoms. The van der Waals surface area contributed by atoms with E-state index in [0.717, 1.165) is 12.8 Å². The van der Waals surface area contributed by atoms with Crippen LogP contribution >= 0.6 is 15.9 Å². The first-order valence-corrected chi connectivity index (χ1v) is 6.92. The predicted molar refractivity (Wildman–Crippen MR) is 78.3 cm³/mol. The van der Waals surface area contributed by atoms with Crippen LogP contribution in [-0.2, 0) is 0 Å². The third-order valence-electron chi connectivity index (χ3n) is 2.74. The summed E-state index contributed by atoms with van der Waals surface area (Å²) in [6, 6.07) is 6.68. The molecule has 0 amide bonds. The lowest BCUT2D eigenvalue weighted by molar-refractivity contribution is -0.385. The molecular formula is C13H16BrN3O3. The van der Waals surface area contributed by atoms with E-state index in [0.29, 0.717) is 23.2 Å². The Hall–Kier alpha value is -1.65. The first kappa shape index (κ1) is 16.4. The summed E-state index contributed by atoms with van der Waals surface area (Å²) in [5.74, 6) is 0.440. The molecule has 0 radical (unpaired) electrons. The molecule has 1 unspecified atom stereocenters. The van der Waals surface area contributed by atoms with E-state index in [1.807, 2.05) is 6.07 Å². The van der Waals surface area contributed by atoms with Crippen molar-refractivity contribution in [2.75, 3.05) is 6.61 Å². The molecule has 0 spiro atoms. The van der Waals surface area contributed by atoms with E-state index < -0.39 is 10.5 Å². The number of rotatable bonds is 7. The number of unbranched alkanes of at least 4 members (excludes halogenated alkanes) is 1. The smallest absolute Gasteiger partial charge is 0.287 e. The highest BCUT2D eigenvalue weighted by molar-refractivity contribution is 9.10. The van der Waals surface area contributed by atoms with Gasteiger partial charge >= 0.3 is 0 Å². The molecule has 1 aromatic rings. The van der Waals surface area contributed by atoms with Crippen molar-refractivity contribution in [2.45, 2.75) is 31.7 Å². The maximum atomic E-state index is 10.8. The summed E-state index contributed by atoms with van der Waals surface area (Å²) in [5, 5.41) is 19.5.